The number of hydrogen-bond donors (Lipinski definition) is 1. The van der Waals surface area contributed by atoms with Crippen molar-refractivity contribution in [3.8, 4) is 0 Å². The fraction of sp³-hybridized carbons (Fsp3) is 0.375. The highest BCUT2D eigenvalue weighted by molar-refractivity contribution is 6.35. The van der Waals surface area contributed by atoms with E-state index >= 15 is 0 Å². The SMILES string of the molecule is COC(=O)C(C)(C(=O)OC)c1[nH]c2cccc(Cl)c2c1CCN=[N+]=[N-]. The molecule has 0 bridgehead atoms. The van der Waals surface area contributed by atoms with Crippen LogP contribution in [-0.4, -0.2) is 37.7 Å². The molecule has 1 aromatic carbocycles. The molecule has 1 aromatic heterocycles. The third-order valence-electron chi connectivity index (χ3n) is 4.09. The molecule has 2 aromatic rings. The number of aromatic amines is 1. The zero-order valence-corrected chi connectivity index (χ0v) is 14.8. The van der Waals surface area contributed by atoms with Gasteiger partial charge in [0.05, 0.1) is 19.2 Å². The Bertz CT molecular complexity index is 854. The lowest BCUT2D eigenvalue weighted by Crippen LogP contribution is -2.43. The Balaban J connectivity index is 2.79. The van der Waals surface area contributed by atoms with E-state index in [0.29, 0.717) is 27.2 Å². The van der Waals surface area contributed by atoms with Gasteiger partial charge in [-0.25, -0.2) is 0 Å². The number of fused-ring (bicyclic) bond motifs is 1. The molecule has 0 radical (unpaired) electrons. The van der Waals surface area contributed by atoms with E-state index in [1.165, 1.54) is 21.1 Å². The van der Waals surface area contributed by atoms with E-state index < -0.39 is 17.4 Å². The maximum absolute atomic E-state index is 12.4. The lowest BCUT2D eigenvalue weighted by Gasteiger charge is -2.24. The first-order valence-corrected chi connectivity index (χ1v) is 7.76. The minimum Gasteiger partial charge on any atom is -0.468 e. The van der Waals surface area contributed by atoms with E-state index in [1.807, 2.05) is 0 Å². The molecule has 0 saturated carbocycles. The molecule has 0 amide bonds. The van der Waals surface area contributed by atoms with E-state index in [4.69, 9.17) is 26.6 Å². The molecule has 132 valence electrons. The second-order valence-electron chi connectivity index (χ2n) is 5.45. The van der Waals surface area contributed by atoms with Crippen LogP contribution in [0.2, 0.25) is 5.02 Å². The van der Waals surface area contributed by atoms with Crippen LogP contribution in [0.25, 0.3) is 21.3 Å². The van der Waals surface area contributed by atoms with Crippen molar-refractivity contribution in [2.24, 2.45) is 5.11 Å². The molecule has 0 unspecified atom stereocenters. The van der Waals surface area contributed by atoms with Gasteiger partial charge >= 0.3 is 11.9 Å². The number of benzene rings is 1. The number of carbonyl (C=O) groups is 2. The van der Waals surface area contributed by atoms with Gasteiger partial charge in [-0.05, 0) is 36.6 Å². The Morgan fingerprint density at radius 3 is 2.52 bits per heavy atom. The van der Waals surface area contributed by atoms with Crippen LogP contribution in [0.15, 0.2) is 23.3 Å². The van der Waals surface area contributed by atoms with E-state index in [1.54, 1.807) is 18.2 Å². The van der Waals surface area contributed by atoms with E-state index in [9.17, 15) is 9.59 Å². The monoisotopic (exact) mass is 364 g/mol. The summed E-state index contributed by atoms with van der Waals surface area (Å²) >= 11 is 6.31. The predicted molar refractivity (Wildman–Crippen MR) is 92.4 cm³/mol. The number of hydrogen-bond acceptors (Lipinski definition) is 5. The molecular weight excluding hydrogens is 348 g/mol. The average molecular weight is 365 g/mol. The highest BCUT2D eigenvalue weighted by Crippen LogP contribution is 2.37. The van der Waals surface area contributed by atoms with Gasteiger partial charge < -0.3 is 14.5 Å². The standard InChI is InChI=1S/C16H17ClN4O4/c1-16(14(22)24-2,15(23)25-3)13-9(7-8-19-21-18)12-10(17)5-4-6-11(12)20-13/h4-6,20H,7-8H2,1-3H3. The minimum atomic E-state index is -1.71. The van der Waals surface area contributed by atoms with Crippen molar-refractivity contribution in [3.05, 3.63) is 44.9 Å². The quantitative estimate of drug-likeness (QED) is 0.278. The van der Waals surface area contributed by atoms with Crippen LogP contribution in [0.1, 0.15) is 18.2 Å². The Labute approximate surface area is 148 Å². The summed E-state index contributed by atoms with van der Waals surface area (Å²) in [6, 6.07) is 5.22. The highest BCUT2D eigenvalue weighted by Gasteiger charge is 2.48. The fourth-order valence-corrected chi connectivity index (χ4v) is 3.14. The first-order valence-electron chi connectivity index (χ1n) is 7.39. The molecule has 0 atom stereocenters. The summed E-state index contributed by atoms with van der Waals surface area (Å²) in [5.74, 6) is -1.54. The van der Waals surface area contributed by atoms with E-state index in [2.05, 4.69) is 15.0 Å². The Morgan fingerprint density at radius 1 is 1.32 bits per heavy atom. The number of ether oxygens (including phenoxy) is 2. The average Bonchev–Trinajstić information content (AvgIpc) is 3.00. The van der Waals surface area contributed by atoms with Gasteiger partial charge in [0.1, 0.15) is 0 Å². The summed E-state index contributed by atoms with van der Waals surface area (Å²) in [6.45, 7) is 1.56. The van der Waals surface area contributed by atoms with Crippen molar-refractivity contribution in [3.63, 3.8) is 0 Å². The van der Waals surface area contributed by atoms with Crippen LogP contribution < -0.4 is 0 Å². The van der Waals surface area contributed by atoms with Crippen LogP contribution in [0.4, 0.5) is 0 Å². The molecule has 9 heteroatoms. The van der Waals surface area contributed by atoms with Crippen molar-refractivity contribution in [1.82, 2.24) is 4.98 Å². The third-order valence-corrected chi connectivity index (χ3v) is 4.40. The summed E-state index contributed by atoms with van der Waals surface area (Å²) in [5.41, 5.74) is 8.37. The number of aromatic nitrogens is 1. The number of carbonyl (C=O) groups excluding carboxylic acids is 2. The molecule has 1 N–H and O–H groups in total. The van der Waals surface area contributed by atoms with Crippen LogP contribution >= 0.6 is 11.6 Å². The molecule has 0 fully saturated rings. The first-order chi connectivity index (χ1) is 11.9. The maximum Gasteiger partial charge on any atom is 0.329 e. The smallest absolute Gasteiger partial charge is 0.329 e. The summed E-state index contributed by atoms with van der Waals surface area (Å²) in [4.78, 5) is 30.7. The lowest BCUT2D eigenvalue weighted by molar-refractivity contribution is -0.161. The largest absolute Gasteiger partial charge is 0.468 e. The van der Waals surface area contributed by atoms with Gasteiger partial charge in [0.2, 0.25) is 5.41 Å². The van der Waals surface area contributed by atoms with Crippen molar-refractivity contribution in [2.45, 2.75) is 18.8 Å². The molecule has 0 aliphatic carbocycles. The number of halogens is 1. The fourth-order valence-electron chi connectivity index (χ4n) is 2.85. The highest BCUT2D eigenvalue weighted by atomic mass is 35.5. The van der Waals surface area contributed by atoms with Crippen molar-refractivity contribution in [2.75, 3.05) is 20.8 Å². The van der Waals surface area contributed by atoms with Gasteiger partial charge in [-0.1, -0.05) is 22.8 Å². The number of H-pyrrole nitrogens is 1. The van der Waals surface area contributed by atoms with E-state index in [0.717, 1.165) is 0 Å². The normalized spacial score (nSPS) is 11.0. The van der Waals surface area contributed by atoms with Gasteiger partial charge in [-0.3, -0.25) is 9.59 Å². The number of nitrogens with one attached hydrogen (secondary N) is 1. The molecule has 8 nitrogen and oxygen atoms in total. The summed E-state index contributed by atoms with van der Waals surface area (Å²) < 4.78 is 9.65. The Hall–Kier alpha value is -2.70. The van der Waals surface area contributed by atoms with Gasteiger partial charge in [-0.2, -0.15) is 0 Å². The van der Waals surface area contributed by atoms with Gasteiger partial charge in [0.15, 0.2) is 0 Å². The number of rotatable bonds is 6. The molecule has 0 saturated heterocycles. The van der Waals surface area contributed by atoms with Gasteiger partial charge in [-0.15, -0.1) is 0 Å². The molecular formula is C16H17ClN4O4. The van der Waals surface area contributed by atoms with Crippen LogP contribution in [0.5, 0.6) is 0 Å². The summed E-state index contributed by atoms with van der Waals surface area (Å²) in [7, 11) is 2.39. The number of azide groups is 1. The van der Waals surface area contributed by atoms with Crippen LogP contribution in [0.3, 0.4) is 0 Å². The summed E-state index contributed by atoms with van der Waals surface area (Å²) in [6.07, 6.45) is 0.284. The first kappa shape index (κ1) is 18.6. The number of nitrogens with zero attached hydrogens (tertiary/aromatic N) is 3. The zero-order valence-electron chi connectivity index (χ0n) is 14.0. The predicted octanol–water partition coefficient (Wildman–Crippen LogP) is 3.28. The molecule has 25 heavy (non-hydrogen) atoms. The number of esters is 2. The molecule has 0 aliphatic rings. The van der Waals surface area contributed by atoms with Gasteiger partial charge in [0, 0.05) is 28.1 Å². The van der Waals surface area contributed by atoms with Crippen molar-refractivity contribution < 1.29 is 19.1 Å². The second-order valence-corrected chi connectivity index (χ2v) is 5.86. The molecule has 1 heterocycles. The van der Waals surface area contributed by atoms with Crippen LogP contribution in [-0.2, 0) is 30.9 Å². The Kier molecular flexibility index (Phi) is 5.56. The maximum atomic E-state index is 12.4. The number of methoxy groups -OCH3 is 2. The van der Waals surface area contributed by atoms with E-state index in [-0.39, 0.29) is 13.0 Å². The lowest BCUT2D eigenvalue weighted by atomic mass is 9.83. The van der Waals surface area contributed by atoms with Crippen LogP contribution in [0, 0.1) is 0 Å². The summed E-state index contributed by atoms with van der Waals surface area (Å²) in [5, 5.41) is 4.64. The third kappa shape index (κ3) is 3.14. The minimum absolute atomic E-state index is 0.139. The van der Waals surface area contributed by atoms with Crippen molar-refractivity contribution >= 4 is 34.4 Å². The topological polar surface area (TPSA) is 117 Å². The second kappa shape index (κ2) is 7.46. The molecule has 0 spiro atoms. The van der Waals surface area contributed by atoms with Gasteiger partial charge in [0.25, 0.3) is 0 Å². The zero-order chi connectivity index (χ0) is 18.6. The molecule has 2 rings (SSSR count). The molecule has 0 aliphatic heterocycles. The Morgan fingerprint density at radius 2 is 1.96 bits per heavy atom. The van der Waals surface area contributed by atoms with Crippen molar-refractivity contribution in [1.29, 1.82) is 0 Å².